The molecule has 0 fully saturated rings. The second-order valence-electron chi connectivity index (χ2n) is 5.13. The number of aryl methyl sites for hydroxylation is 1. The van der Waals surface area contributed by atoms with Gasteiger partial charge in [-0.05, 0) is 25.8 Å². The quantitative estimate of drug-likeness (QED) is 0.849. The van der Waals surface area contributed by atoms with Crippen LogP contribution in [0.1, 0.15) is 43.0 Å². The summed E-state index contributed by atoms with van der Waals surface area (Å²) in [7, 11) is 1.71. The van der Waals surface area contributed by atoms with Crippen molar-refractivity contribution < 1.29 is 4.74 Å². The van der Waals surface area contributed by atoms with E-state index in [1.807, 2.05) is 18.2 Å². The summed E-state index contributed by atoms with van der Waals surface area (Å²) in [5.74, 6) is 3.10. The molecule has 1 atom stereocenters. The third kappa shape index (κ3) is 2.23. The molecule has 1 aromatic heterocycles. The van der Waals surface area contributed by atoms with Gasteiger partial charge < -0.3 is 9.30 Å². The highest BCUT2D eigenvalue weighted by Gasteiger charge is 2.21. The van der Waals surface area contributed by atoms with Gasteiger partial charge in [-0.1, -0.05) is 18.2 Å². The van der Waals surface area contributed by atoms with Gasteiger partial charge in [0.15, 0.2) is 0 Å². The minimum Gasteiger partial charge on any atom is -0.496 e. The van der Waals surface area contributed by atoms with E-state index in [2.05, 4.69) is 27.8 Å². The van der Waals surface area contributed by atoms with Gasteiger partial charge in [-0.2, -0.15) is 0 Å². The van der Waals surface area contributed by atoms with Crippen molar-refractivity contribution in [1.82, 2.24) is 14.8 Å². The first-order chi connectivity index (χ1) is 9.29. The van der Waals surface area contributed by atoms with Gasteiger partial charge in [0.05, 0.1) is 7.11 Å². The van der Waals surface area contributed by atoms with E-state index in [1.165, 1.54) is 12.8 Å². The van der Waals surface area contributed by atoms with Crippen LogP contribution in [0.3, 0.4) is 0 Å². The Bertz CT molecular complexity index is 577. The van der Waals surface area contributed by atoms with Crippen molar-refractivity contribution in [1.29, 1.82) is 0 Å². The van der Waals surface area contributed by atoms with Gasteiger partial charge in [-0.25, -0.2) is 0 Å². The van der Waals surface area contributed by atoms with Crippen LogP contribution in [0, 0.1) is 0 Å². The Morgan fingerprint density at radius 3 is 3.00 bits per heavy atom. The van der Waals surface area contributed by atoms with Crippen molar-refractivity contribution in [3.63, 3.8) is 0 Å². The Kier molecular flexibility index (Phi) is 3.23. The summed E-state index contributed by atoms with van der Waals surface area (Å²) in [6.45, 7) is 2.25. The van der Waals surface area contributed by atoms with Crippen molar-refractivity contribution in [3.05, 3.63) is 41.5 Å². The molecule has 0 spiro atoms. The van der Waals surface area contributed by atoms with Crippen LogP contribution in [0.15, 0.2) is 24.3 Å². The summed E-state index contributed by atoms with van der Waals surface area (Å²) in [5.41, 5.74) is 1.16. The zero-order valence-electron chi connectivity index (χ0n) is 11.5. The van der Waals surface area contributed by atoms with E-state index < -0.39 is 0 Å². The Labute approximate surface area is 113 Å². The predicted octanol–water partition coefficient (Wildman–Crippen LogP) is 2.77. The molecule has 1 unspecified atom stereocenters. The van der Waals surface area contributed by atoms with Gasteiger partial charge in [-0.15, -0.1) is 10.2 Å². The van der Waals surface area contributed by atoms with E-state index in [0.717, 1.165) is 35.8 Å². The second-order valence-corrected chi connectivity index (χ2v) is 5.13. The summed E-state index contributed by atoms with van der Waals surface area (Å²) in [6.07, 6.45) is 4.25. The molecule has 0 bridgehead atoms. The molecule has 4 nitrogen and oxygen atoms in total. The molecule has 0 saturated carbocycles. The van der Waals surface area contributed by atoms with Crippen LogP contribution in [0.2, 0.25) is 0 Å². The van der Waals surface area contributed by atoms with E-state index in [-0.39, 0.29) is 0 Å². The fraction of sp³-hybridized carbons (Fsp3) is 0.467. The molecule has 0 aliphatic carbocycles. The molecule has 0 radical (unpaired) electrons. The Balaban J connectivity index is 1.94. The number of benzene rings is 1. The lowest BCUT2D eigenvalue weighted by molar-refractivity contribution is 0.404. The molecule has 0 amide bonds. The fourth-order valence-electron chi connectivity index (χ4n) is 2.86. The van der Waals surface area contributed by atoms with Crippen molar-refractivity contribution in [2.24, 2.45) is 0 Å². The van der Waals surface area contributed by atoms with Crippen LogP contribution < -0.4 is 4.74 Å². The standard InChI is InChI=1S/C15H19N3O/c1-11-6-5-9-14-16-17-15(18(11)14)10-12-7-3-4-8-13(12)19-2/h3-4,7-8,11H,5-6,9-10H2,1-2H3. The summed E-state index contributed by atoms with van der Waals surface area (Å²) < 4.78 is 7.71. The number of hydrogen-bond donors (Lipinski definition) is 0. The molecule has 2 aromatic rings. The van der Waals surface area contributed by atoms with Gasteiger partial charge in [0.25, 0.3) is 0 Å². The monoisotopic (exact) mass is 257 g/mol. The van der Waals surface area contributed by atoms with E-state index in [0.29, 0.717) is 6.04 Å². The number of ether oxygens (including phenoxy) is 1. The number of aromatic nitrogens is 3. The lowest BCUT2D eigenvalue weighted by atomic mass is 10.0. The zero-order valence-corrected chi connectivity index (χ0v) is 11.5. The number of hydrogen-bond acceptors (Lipinski definition) is 3. The number of fused-ring (bicyclic) bond motifs is 1. The summed E-state index contributed by atoms with van der Waals surface area (Å²) >= 11 is 0. The number of rotatable bonds is 3. The molecular formula is C15H19N3O. The second kappa shape index (κ2) is 5.03. The zero-order chi connectivity index (χ0) is 13.2. The first-order valence-electron chi connectivity index (χ1n) is 6.84. The maximum atomic E-state index is 5.41. The highest BCUT2D eigenvalue weighted by atomic mass is 16.5. The van der Waals surface area contributed by atoms with Gasteiger partial charge in [0.2, 0.25) is 0 Å². The SMILES string of the molecule is COc1ccccc1Cc1nnc2n1C(C)CCC2. The van der Waals surface area contributed by atoms with Crippen LogP contribution in [0.25, 0.3) is 0 Å². The summed E-state index contributed by atoms with van der Waals surface area (Å²) in [5, 5.41) is 8.71. The smallest absolute Gasteiger partial charge is 0.137 e. The van der Waals surface area contributed by atoms with E-state index in [9.17, 15) is 0 Å². The largest absolute Gasteiger partial charge is 0.496 e. The molecule has 3 rings (SSSR count). The average molecular weight is 257 g/mol. The molecule has 0 N–H and O–H groups in total. The van der Waals surface area contributed by atoms with Crippen molar-refractivity contribution in [2.75, 3.05) is 7.11 Å². The van der Waals surface area contributed by atoms with Crippen LogP contribution in [0.5, 0.6) is 5.75 Å². The third-order valence-corrected chi connectivity index (χ3v) is 3.84. The topological polar surface area (TPSA) is 39.9 Å². The van der Waals surface area contributed by atoms with E-state index >= 15 is 0 Å². The van der Waals surface area contributed by atoms with E-state index in [1.54, 1.807) is 7.11 Å². The molecule has 2 heterocycles. The Morgan fingerprint density at radius 1 is 1.32 bits per heavy atom. The van der Waals surface area contributed by atoms with Gasteiger partial charge >= 0.3 is 0 Å². The van der Waals surface area contributed by atoms with Gasteiger partial charge in [0.1, 0.15) is 17.4 Å². The normalized spacial score (nSPS) is 18.1. The van der Waals surface area contributed by atoms with Crippen molar-refractivity contribution >= 4 is 0 Å². The van der Waals surface area contributed by atoms with Gasteiger partial charge in [0, 0.05) is 24.4 Å². The lowest BCUT2D eigenvalue weighted by Gasteiger charge is -2.22. The average Bonchev–Trinajstić information content (AvgIpc) is 2.84. The van der Waals surface area contributed by atoms with Crippen LogP contribution in [-0.4, -0.2) is 21.9 Å². The highest BCUT2D eigenvalue weighted by Crippen LogP contribution is 2.27. The lowest BCUT2D eigenvalue weighted by Crippen LogP contribution is -2.18. The minimum atomic E-state index is 0.503. The van der Waals surface area contributed by atoms with Gasteiger partial charge in [-0.3, -0.25) is 0 Å². The minimum absolute atomic E-state index is 0.503. The number of nitrogens with zero attached hydrogens (tertiary/aromatic N) is 3. The van der Waals surface area contributed by atoms with Crippen LogP contribution in [-0.2, 0) is 12.8 Å². The predicted molar refractivity (Wildman–Crippen MR) is 73.5 cm³/mol. The molecule has 19 heavy (non-hydrogen) atoms. The molecule has 100 valence electrons. The summed E-state index contributed by atoms with van der Waals surface area (Å²) in [6, 6.07) is 8.61. The fourth-order valence-corrected chi connectivity index (χ4v) is 2.86. The van der Waals surface area contributed by atoms with Crippen molar-refractivity contribution in [2.45, 2.75) is 38.6 Å². The van der Waals surface area contributed by atoms with Crippen LogP contribution >= 0.6 is 0 Å². The van der Waals surface area contributed by atoms with Crippen molar-refractivity contribution in [3.8, 4) is 5.75 Å². The van der Waals surface area contributed by atoms with E-state index in [4.69, 9.17) is 4.74 Å². The molecular weight excluding hydrogens is 238 g/mol. The molecule has 4 heteroatoms. The highest BCUT2D eigenvalue weighted by molar-refractivity contribution is 5.35. The Morgan fingerprint density at radius 2 is 2.16 bits per heavy atom. The first-order valence-corrected chi connectivity index (χ1v) is 6.84. The maximum absolute atomic E-state index is 5.41. The molecule has 1 aliphatic rings. The molecule has 0 saturated heterocycles. The number of para-hydroxylation sites is 1. The number of methoxy groups -OCH3 is 1. The first kappa shape index (κ1) is 12.2. The molecule has 1 aromatic carbocycles. The van der Waals surface area contributed by atoms with Crippen LogP contribution in [0.4, 0.5) is 0 Å². The summed E-state index contributed by atoms with van der Waals surface area (Å²) in [4.78, 5) is 0. The molecule has 1 aliphatic heterocycles. The Hall–Kier alpha value is -1.84. The maximum Gasteiger partial charge on any atom is 0.137 e. The third-order valence-electron chi connectivity index (χ3n) is 3.84.